The molecule has 0 spiro atoms. The van der Waals surface area contributed by atoms with Crippen LogP contribution in [0.25, 0.3) is 0 Å². The van der Waals surface area contributed by atoms with Crippen LogP contribution in [0.1, 0.15) is 55.7 Å². The van der Waals surface area contributed by atoms with Gasteiger partial charge in [0.2, 0.25) is 0 Å². The van der Waals surface area contributed by atoms with Gasteiger partial charge in [-0.3, -0.25) is 0 Å². The topological polar surface area (TPSA) is 12.0 Å². The third kappa shape index (κ3) is 3.60. The van der Waals surface area contributed by atoms with E-state index in [1.807, 2.05) is 0 Å². The Balaban J connectivity index is 1.62. The van der Waals surface area contributed by atoms with E-state index in [-0.39, 0.29) is 0 Å². The molecule has 1 heteroatoms. The van der Waals surface area contributed by atoms with Crippen LogP contribution in [0.5, 0.6) is 0 Å². The number of nitrogens with one attached hydrogen (secondary N) is 1. The summed E-state index contributed by atoms with van der Waals surface area (Å²) in [6.45, 7) is 3.43. The normalized spacial score (nSPS) is 19.4. The van der Waals surface area contributed by atoms with E-state index in [4.69, 9.17) is 0 Å². The summed E-state index contributed by atoms with van der Waals surface area (Å²) in [5, 5.41) is 3.76. The lowest BCUT2D eigenvalue weighted by Crippen LogP contribution is -2.32. The maximum Gasteiger partial charge on any atom is 0.0110 e. The molecule has 1 fully saturated rings. The standard InChI is InChI=1S/C18H27N/c1-2-10-19-18(12-14-6-7-14)13-15-8-9-16-4-3-5-17(16)11-15/h8-9,11,14,18-19H,2-7,10,12-13H2,1H3. The van der Waals surface area contributed by atoms with Crippen molar-refractivity contribution in [1.82, 2.24) is 5.32 Å². The predicted octanol–water partition coefficient (Wildman–Crippen LogP) is 3.89. The zero-order valence-electron chi connectivity index (χ0n) is 12.3. The molecule has 0 aliphatic heterocycles. The molecule has 2 aliphatic rings. The Labute approximate surface area is 117 Å². The molecule has 1 saturated carbocycles. The first-order valence-electron chi connectivity index (χ1n) is 8.19. The highest BCUT2D eigenvalue weighted by atomic mass is 14.9. The van der Waals surface area contributed by atoms with Crippen LogP contribution in [-0.2, 0) is 19.3 Å². The zero-order chi connectivity index (χ0) is 13.1. The summed E-state index contributed by atoms with van der Waals surface area (Å²) in [6, 6.07) is 7.94. The van der Waals surface area contributed by atoms with E-state index < -0.39 is 0 Å². The second-order valence-corrected chi connectivity index (χ2v) is 6.49. The molecule has 3 rings (SSSR count). The molecular weight excluding hydrogens is 230 g/mol. The lowest BCUT2D eigenvalue weighted by atomic mass is 9.98. The number of fused-ring (bicyclic) bond motifs is 1. The van der Waals surface area contributed by atoms with Gasteiger partial charge in [-0.2, -0.15) is 0 Å². The van der Waals surface area contributed by atoms with Crippen molar-refractivity contribution in [3.63, 3.8) is 0 Å². The molecule has 1 atom stereocenters. The summed E-state index contributed by atoms with van der Waals surface area (Å²) in [4.78, 5) is 0. The largest absolute Gasteiger partial charge is 0.314 e. The van der Waals surface area contributed by atoms with Crippen molar-refractivity contribution < 1.29 is 0 Å². The van der Waals surface area contributed by atoms with Crippen LogP contribution in [0.4, 0.5) is 0 Å². The highest BCUT2D eigenvalue weighted by Gasteiger charge is 2.25. The van der Waals surface area contributed by atoms with Gasteiger partial charge in [0.1, 0.15) is 0 Å². The van der Waals surface area contributed by atoms with E-state index in [0.29, 0.717) is 6.04 Å². The van der Waals surface area contributed by atoms with Crippen LogP contribution >= 0.6 is 0 Å². The van der Waals surface area contributed by atoms with Crippen molar-refractivity contribution in [3.8, 4) is 0 Å². The van der Waals surface area contributed by atoms with Crippen LogP contribution < -0.4 is 5.32 Å². The average Bonchev–Trinajstić information content (AvgIpc) is 3.11. The average molecular weight is 257 g/mol. The van der Waals surface area contributed by atoms with E-state index in [0.717, 1.165) is 5.92 Å². The third-order valence-electron chi connectivity index (χ3n) is 4.64. The van der Waals surface area contributed by atoms with Crippen LogP contribution in [0, 0.1) is 5.92 Å². The van der Waals surface area contributed by atoms with Crippen molar-refractivity contribution in [2.75, 3.05) is 6.54 Å². The Kier molecular flexibility index (Phi) is 4.22. The molecule has 1 unspecified atom stereocenters. The zero-order valence-corrected chi connectivity index (χ0v) is 12.3. The lowest BCUT2D eigenvalue weighted by Gasteiger charge is -2.19. The third-order valence-corrected chi connectivity index (χ3v) is 4.64. The molecule has 0 aromatic heterocycles. The molecule has 0 bridgehead atoms. The smallest absolute Gasteiger partial charge is 0.0110 e. The minimum absolute atomic E-state index is 0.701. The van der Waals surface area contributed by atoms with Crippen molar-refractivity contribution in [1.29, 1.82) is 0 Å². The van der Waals surface area contributed by atoms with E-state index >= 15 is 0 Å². The SMILES string of the molecule is CCCNC(Cc1ccc2c(c1)CCC2)CC1CC1. The van der Waals surface area contributed by atoms with Gasteiger partial charge in [0, 0.05) is 6.04 Å². The Bertz CT molecular complexity index is 420. The molecule has 0 amide bonds. The summed E-state index contributed by atoms with van der Waals surface area (Å²) in [7, 11) is 0. The molecule has 104 valence electrons. The highest BCUT2D eigenvalue weighted by molar-refractivity contribution is 5.35. The van der Waals surface area contributed by atoms with Gasteiger partial charge in [-0.05, 0) is 67.7 Å². The summed E-state index contributed by atoms with van der Waals surface area (Å²) < 4.78 is 0. The van der Waals surface area contributed by atoms with E-state index in [1.54, 1.807) is 16.7 Å². The fraction of sp³-hybridized carbons (Fsp3) is 0.667. The second-order valence-electron chi connectivity index (χ2n) is 6.49. The Morgan fingerprint density at radius 1 is 1.21 bits per heavy atom. The number of hydrogen-bond donors (Lipinski definition) is 1. The molecule has 1 nitrogen and oxygen atoms in total. The highest BCUT2D eigenvalue weighted by Crippen LogP contribution is 2.34. The molecule has 19 heavy (non-hydrogen) atoms. The fourth-order valence-corrected chi connectivity index (χ4v) is 3.38. The van der Waals surface area contributed by atoms with Gasteiger partial charge >= 0.3 is 0 Å². The van der Waals surface area contributed by atoms with Crippen molar-refractivity contribution >= 4 is 0 Å². The van der Waals surface area contributed by atoms with Crippen LogP contribution in [-0.4, -0.2) is 12.6 Å². The number of aryl methyl sites for hydroxylation is 2. The van der Waals surface area contributed by atoms with Gasteiger partial charge < -0.3 is 5.32 Å². The van der Waals surface area contributed by atoms with Crippen molar-refractivity contribution in [2.45, 2.75) is 64.3 Å². The van der Waals surface area contributed by atoms with E-state index in [2.05, 4.69) is 30.4 Å². The second kappa shape index (κ2) is 6.09. The van der Waals surface area contributed by atoms with E-state index in [1.165, 1.54) is 57.9 Å². The number of rotatable bonds is 7. The quantitative estimate of drug-likeness (QED) is 0.781. The van der Waals surface area contributed by atoms with Gasteiger partial charge in [0.05, 0.1) is 0 Å². The Hall–Kier alpha value is -0.820. The first-order chi connectivity index (χ1) is 9.35. The van der Waals surface area contributed by atoms with Gasteiger partial charge in [0.15, 0.2) is 0 Å². The molecule has 0 heterocycles. The van der Waals surface area contributed by atoms with Gasteiger partial charge in [-0.1, -0.05) is 38.0 Å². The molecule has 1 aromatic carbocycles. The van der Waals surface area contributed by atoms with Gasteiger partial charge in [-0.15, -0.1) is 0 Å². The van der Waals surface area contributed by atoms with Gasteiger partial charge in [-0.25, -0.2) is 0 Å². The first-order valence-corrected chi connectivity index (χ1v) is 8.19. The lowest BCUT2D eigenvalue weighted by molar-refractivity contribution is 0.455. The molecule has 0 saturated heterocycles. The minimum Gasteiger partial charge on any atom is -0.314 e. The maximum atomic E-state index is 3.76. The predicted molar refractivity (Wildman–Crippen MR) is 81.6 cm³/mol. The molecule has 2 aliphatic carbocycles. The summed E-state index contributed by atoms with van der Waals surface area (Å²) >= 11 is 0. The van der Waals surface area contributed by atoms with Crippen LogP contribution in [0.3, 0.4) is 0 Å². The maximum absolute atomic E-state index is 3.76. The summed E-state index contributed by atoms with van der Waals surface area (Å²) in [6.07, 6.45) is 10.8. The number of hydrogen-bond acceptors (Lipinski definition) is 1. The van der Waals surface area contributed by atoms with Crippen LogP contribution in [0.2, 0.25) is 0 Å². The number of benzene rings is 1. The molecule has 0 radical (unpaired) electrons. The first kappa shape index (κ1) is 13.2. The molecule has 1 N–H and O–H groups in total. The van der Waals surface area contributed by atoms with Gasteiger partial charge in [0.25, 0.3) is 0 Å². The summed E-state index contributed by atoms with van der Waals surface area (Å²) in [5.41, 5.74) is 4.78. The summed E-state index contributed by atoms with van der Waals surface area (Å²) in [5.74, 6) is 1.02. The minimum atomic E-state index is 0.701. The van der Waals surface area contributed by atoms with Crippen molar-refractivity contribution in [2.24, 2.45) is 5.92 Å². The fourth-order valence-electron chi connectivity index (χ4n) is 3.38. The molecular formula is C18H27N. The van der Waals surface area contributed by atoms with E-state index in [9.17, 15) is 0 Å². The Morgan fingerprint density at radius 3 is 2.84 bits per heavy atom. The Morgan fingerprint density at radius 2 is 2.05 bits per heavy atom. The monoisotopic (exact) mass is 257 g/mol. The van der Waals surface area contributed by atoms with Crippen molar-refractivity contribution in [3.05, 3.63) is 34.9 Å². The van der Waals surface area contributed by atoms with Crippen LogP contribution in [0.15, 0.2) is 18.2 Å². The molecule has 1 aromatic rings.